The zero-order valence-corrected chi connectivity index (χ0v) is 31.8. The first-order valence-corrected chi connectivity index (χ1v) is 17.8. The summed E-state index contributed by atoms with van der Waals surface area (Å²) in [6, 6.07) is 18.3. The molecule has 2 aliphatic rings. The normalized spacial score (nSPS) is 15.8. The van der Waals surface area contributed by atoms with Crippen LogP contribution in [0.1, 0.15) is 65.0 Å². The summed E-state index contributed by atoms with van der Waals surface area (Å²) >= 11 is 6.07. The number of unbranched alkanes of at least 4 members (excludes halogenated alkanes) is 2. The number of rotatable bonds is 17. The van der Waals surface area contributed by atoms with Gasteiger partial charge in [-0.05, 0) is 79.4 Å². The molecule has 2 heterocycles. The molecule has 0 aliphatic carbocycles. The second kappa shape index (κ2) is 17.4. The minimum atomic E-state index is -0.430. The molecular formula is C40H44ClN3O10. The maximum Gasteiger partial charge on any atom is 0.255 e. The van der Waals surface area contributed by atoms with Crippen LogP contribution in [0.15, 0.2) is 65.8 Å². The molecule has 0 saturated heterocycles. The summed E-state index contributed by atoms with van der Waals surface area (Å²) in [6.45, 7) is 0.943. The fourth-order valence-electron chi connectivity index (χ4n) is 6.32. The standard InChI is InChI=1S/C40H44ClN3O10/c1-46-32-16-23(39-42-28-12-11-26(41)21-27(28)40(45)43-39)10-13-30(32)52-14-8-7-9-15-53-38-35(49-4)19-25(20-36(38)50-5)31-22-29(44-54-31)24-17-33(47-2)37(51-6)34(18-24)48-3/h10-13,16-21,31,39,42H,7-9,14-15,22H2,1-6H3,(H,43,45). The van der Waals surface area contributed by atoms with Crippen LogP contribution in [0.2, 0.25) is 5.02 Å². The van der Waals surface area contributed by atoms with Crippen LogP contribution in [0.4, 0.5) is 5.69 Å². The number of halogens is 1. The Morgan fingerprint density at radius 3 is 1.94 bits per heavy atom. The first kappa shape index (κ1) is 38.0. The van der Waals surface area contributed by atoms with Crippen molar-refractivity contribution in [1.29, 1.82) is 0 Å². The molecule has 54 heavy (non-hydrogen) atoms. The third-order valence-electron chi connectivity index (χ3n) is 9.14. The number of fused-ring (bicyclic) bond motifs is 1. The molecule has 0 aromatic heterocycles. The Kier molecular flexibility index (Phi) is 12.3. The van der Waals surface area contributed by atoms with Crippen LogP contribution in [0, 0.1) is 0 Å². The maximum atomic E-state index is 12.7. The molecule has 13 nitrogen and oxygen atoms in total. The summed E-state index contributed by atoms with van der Waals surface area (Å²) < 4.78 is 45.8. The highest BCUT2D eigenvalue weighted by molar-refractivity contribution is 6.31. The Morgan fingerprint density at radius 1 is 0.667 bits per heavy atom. The largest absolute Gasteiger partial charge is 0.493 e. The lowest BCUT2D eigenvalue weighted by molar-refractivity contribution is 0.0852. The summed E-state index contributed by atoms with van der Waals surface area (Å²) in [5.74, 6) is 4.14. The van der Waals surface area contributed by atoms with Crippen LogP contribution in [0.25, 0.3) is 0 Å². The van der Waals surface area contributed by atoms with Gasteiger partial charge >= 0.3 is 0 Å². The van der Waals surface area contributed by atoms with Gasteiger partial charge in [-0.1, -0.05) is 22.8 Å². The zero-order chi connectivity index (χ0) is 38.2. The highest BCUT2D eigenvalue weighted by atomic mass is 35.5. The van der Waals surface area contributed by atoms with Crippen molar-refractivity contribution in [3.63, 3.8) is 0 Å². The number of oxime groups is 1. The summed E-state index contributed by atoms with van der Waals surface area (Å²) in [4.78, 5) is 18.6. The molecule has 0 radical (unpaired) electrons. The molecule has 0 fully saturated rings. The van der Waals surface area contributed by atoms with Crippen molar-refractivity contribution in [2.75, 3.05) is 61.2 Å². The van der Waals surface area contributed by atoms with Gasteiger partial charge in [-0.25, -0.2) is 0 Å². The van der Waals surface area contributed by atoms with Crippen LogP contribution in [0.5, 0.6) is 46.0 Å². The molecule has 2 aliphatic heterocycles. The molecule has 2 N–H and O–H groups in total. The molecule has 4 aromatic rings. The number of hydrogen-bond acceptors (Lipinski definition) is 12. The predicted octanol–water partition coefficient (Wildman–Crippen LogP) is 7.74. The third kappa shape index (κ3) is 8.26. The van der Waals surface area contributed by atoms with Gasteiger partial charge in [0, 0.05) is 28.3 Å². The van der Waals surface area contributed by atoms with Gasteiger partial charge in [0.1, 0.15) is 6.17 Å². The van der Waals surface area contributed by atoms with E-state index in [4.69, 9.17) is 54.3 Å². The minimum absolute atomic E-state index is 0.203. The number of carbonyl (C=O) groups is 1. The van der Waals surface area contributed by atoms with Gasteiger partial charge in [-0.3, -0.25) is 4.79 Å². The van der Waals surface area contributed by atoms with Crippen LogP contribution >= 0.6 is 11.6 Å². The van der Waals surface area contributed by atoms with Gasteiger partial charge < -0.3 is 53.4 Å². The monoisotopic (exact) mass is 761 g/mol. The Labute approximate surface area is 319 Å². The summed E-state index contributed by atoms with van der Waals surface area (Å²) in [5, 5.41) is 11.2. The Morgan fingerprint density at radius 2 is 1.30 bits per heavy atom. The number of anilines is 1. The van der Waals surface area contributed by atoms with Gasteiger partial charge in [0.25, 0.3) is 5.91 Å². The van der Waals surface area contributed by atoms with Gasteiger partial charge in [0.15, 0.2) is 40.6 Å². The number of ether oxygens (including phenoxy) is 8. The van der Waals surface area contributed by atoms with Crippen molar-refractivity contribution < 1.29 is 47.5 Å². The SMILES string of the molecule is COc1cc(C2NC(=O)c3cc(Cl)ccc3N2)ccc1OCCCCCOc1c(OC)cc(C2CC(c3cc(OC)c(OC)c(OC)c3)=NO2)cc1OC. The number of carbonyl (C=O) groups excluding carboxylic acids is 1. The Hall–Kier alpha value is -5.69. The van der Waals surface area contributed by atoms with Crippen LogP contribution in [-0.2, 0) is 4.84 Å². The fraction of sp³-hybridized carbons (Fsp3) is 0.350. The maximum absolute atomic E-state index is 12.7. The molecule has 4 aromatic carbocycles. The van der Waals surface area contributed by atoms with E-state index >= 15 is 0 Å². The van der Waals surface area contributed by atoms with Gasteiger partial charge in [0.05, 0.1) is 67.1 Å². The number of benzene rings is 4. The van der Waals surface area contributed by atoms with Crippen molar-refractivity contribution >= 4 is 28.9 Å². The van der Waals surface area contributed by atoms with Crippen LogP contribution in [0.3, 0.4) is 0 Å². The molecule has 0 bridgehead atoms. The number of hydrogen-bond donors (Lipinski definition) is 2. The highest BCUT2D eigenvalue weighted by Gasteiger charge is 2.29. The molecule has 14 heteroatoms. The first-order chi connectivity index (χ1) is 26.3. The van der Waals surface area contributed by atoms with Crippen molar-refractivity contribution in [3.8, 4) is 46.0 Å². The van der Waals surface area contributed by atoms with Crippen LogP contribution in [-0.4, -0.2) is 67.5 Å². The average Bonchev–Trinajstić information content (AvgIpc) is 3.70. The number of methoxy groups -OCH3 is 6. The lowest BCUT2D eigenvalue weighted by Crippen LogP contribution is -2.38. The van der Waals surface area contributed by atoms with Crippen molar-refractivity contribution in [1.82, 2.24) is 5.32 Å². The highest BCUT2D eigenvalue weighted by Crippen LogP contribution is 2.44. The molecule has 2 unspecified atom stereocenters. The van der Waals surface area contributed by atoms with E-state index in [9.17, 15) is 4.79 Å². The van der Waals surface area contributed by atoms with E-state index < -0.39 is 6.17 Å². The molecule has 0 spiro atoms. The summed E-state index contributed by atoms with van der Waals surface area (Å²) in [5.41, 5.74) is 4.41. The zero-order valence-electron chi connectivity index (χ0n) is 31.1. The van der Waals surface area contributed by atoms with E-state index in [1.165, 1.54) is 0 Å². The molecule has 286 valence electrons. The van der Waals surface area contributed by atoms with Crippen molar-refractivity contribution in [2.45, 2.75) is 38.0 Å². The van der Waals surface area contributed by atoms with E-state index in [2.05, 4.69) is 15.8 Å². The summed E-state index contributed by atoms with van der Waals surface area (Å²) in [6.07, 6.45) is 2.15. The van der Waals surface area contributed by atoms with Crippen molar-refractivity contribution in [3.05, 3.63) is 87.9 Å². The molecule has 0 saturated carbocycles. The predicted molar refractivity (Wildman–Crippen MR) is 204 cm³/mol. The van der Waals surface area contributed by atoms with Gasteiger partial charge in [-0.15, -0.1) is 0 Å². The Balaban J connectivity index is 0.994. The first-order valence-electron chi connectivity index (χ1n) is 17.4. The average molecular weight is 762 g/mol. The topological polar surface area (TPSA) is 137 Å². The van der Waals surface area contributed by atoms with Gasteiger partial charge in [0.2, 0.25) is 11.5 Å². The van der Waals surface area contributed by atoms with Crippen LogP contribution < -0.4 is 48.5 Å². The number of nitrogens with one attached hydrogen (secondary N) is 2. The minimum Gasteiger partial charge on any atom is -0.493 e. The lowest BCUT2D eigenvalue weighted by atomic mass is 9.99. The van der Waals surface area contributed by atoms with E-state index in [1.807, 2.05) is 42.5 Å². The smallest absolute Gasteiger partial charge is 0.255 e. The second-order valence-corrected chi connectivity index (χ2v) is 12.8. The van der Waals surface area contributed by atoms with Crippen molar-refractivity contribution in [2.24, 2.45) is 5.16 Å². The van der Waals surface area contributed by atoms with E-state index in [-0.39, 0.29) is 12.0 Å². The number of nitrogens with zero attached hydrogens (tertiary/aromatic N) is 1. The third-order valence-corrected chi connectivity index (χ3v) is 9.37. The lowest BCUT2D eigenvalue weighted by Gasteiger charge is -2.28. The summed E-state index contributed by atoms with van der Waals surface area (Å²) in [7, 11) is 9.48. The quantitative estimate of drug-likeness (QED) is 0.102. The number of amides is 1. The van der Waals surface area contributed by atoms with E-state index in [1.54, 1.807) is 60.9 Å². The molecule has 6 rings (SSSR count). The van der Waals surface area contributed by atoms with E-state index in [0.717, 1.165) is 41.7 Å². The molecule has 1 amide bonds. The Bertz CT molecular complexity index is 1950. The van der Waals surface area contributed by atoms with E-state index in [0.29, 0.717) is 81.9 Å². The molecular weight excluding hydrogens is 718 g/mol. The second-order valence-electron chi connectivity index (χ2n) is 12.4. The van der Waals surface area contributed by atoms with Gasteiger partial charge in [-0.2, -0.15) is 0 Å². The fourth-order valence-corrected chi connectivity index (χ4v) is 6.49. The molecule has 2 atom stereocenters.